The molecular formula is C23H29ClN5O2P. The number of nitrogens with one attached hydrogen (secondary N) is 3. The Kier molecular flexibility index (Phi) is 7.77. The van der Waals surface area contributed by atoms with Crippen molar-refractivity contribution in [2.24, 2.45) is 0 Å². The highest BCUT2D eigenvalue weighted by atomic mass is 35.5. The molecule has 0 aliphatic heterocycles. The molecule has 0 amide bonds. The van der Waals surface area contributed by atoms with Crippen LogP contribution in [0.3, 0.4) is 0 Å². The highest BCUT2D eigenvalue weighted by Gasteiger charge is 2.17. The minimum absolute atomic E-state index is 0.359. The second-order valence-electron chi connectivity index (χ2n) is 7.84. The fourth-order valence-electron chi connectivity index (χ4n) is 3.34. The Bertz CT molecular complexity index is 1150. The summed E-state index contributed by atoms with van der Waals surface area (Å²) in [6, 6.07) is 11.5. The fourth-order valence-corrected chi connectivity index (χ4v) is 4.63. The molecule has 0 atom stereocenters. The number of halogens is 1. The lowest BCUT2D eigenvalue weighted by atomic mass is 10.0. The molecule has 9 heteroatoms. The molecule has 0 saturated heterocycles. The van der Waals surface area contributed by atoms with Crippen molar-refractivity contribution >= 4 is 47.2 Å². The van der Waals surface area contributed by atoms with E-state index < -0.39 is 7.14 Å². The largest absolute Gasteiger partial charge is 0.495 e. The average Bonchev–Trinajstić information content (AvgIpc) is 2.75. The van der Waals surface area contributed by atoms with E-state index in [1.807, 2.05) is 43.4 Å². The van der Waals surface area contributed by atoms with E-state index in [4.69, 9.17) is 16.3 Å². The summed E-state index contributed by atoms with van der Waals surface area (Å²) in [6.07, 6.45) is 2.43. The Hall–Kier alpha value is -2.60. The molecule has 1 heterocycles. The van der Waals surface area contributed by atoms with Crippen molar-refractivity contribution in [1.82, 2.24) is 15.3 Å². The first kappa shape index (κ1) is 24.1. The second-order valence-corrected chi connectivity index (χ2v) is 11.4. The summed E-state index contributed by atoms with van der Waals surface area (Å²) < 4.78 is 18.3. The third kappa shape index (κ3) is 5.80. The van der Waals surface area contributed by atoms with Crippen LogP contribution in [-0.2, 0) is 11.0 Å². The third-order valence-corrected chi connectivity index (χ3v) is 6.86. The van der Waals surface area contributed by atoms with Crippen molar-refractivity contribution in [3.63, 3.8) is 0 Å². The van der Waals surface area contributed by atoms with E-state index in [0.717, 1.165) is 29.5 Å². The zero-order chi connectivity index (χ0) is 23.3. The number of para-hydroxylation sites is 1. The van der Waals surface area contributed by atoms with Crippen LogP contribution in [0.25, 0.3) is 0 Å². The second kappa shape index (κ2) is 10.3. The van der Waals surface area contributed by atoms with Crippen molar-refractivity contribution in [3.05, 3.63) is 58.7 Å². The molecule has 1 aromatic heterocycles. The minimum Gasteiger partial charge on any atom is -0.495 e. The first-order valence-electron chi connectivity index (χ1n) is 10.3. The normalized spacial score (nSPS) is 11.3. The predicted molar refractivity (Wildman–Crippen MR) is 134 cm³/mol. The van der Waals surface area contributed by atoms with Gasteiger partial charge < -0.3 is 25.3 Å². The number of likely N-dealkylation sites (N-methyl/N-ethyl adjacent to an activating group) is 1. The molecule has 0 unspecified atom stereocenters. The maximum atomic E-state index is 12.7. The third-order valence-electron chi connectivity index (χ3n) is 5.03. The van der Waals surface area contributed by atoms with Crippen LogP contribution in [-0.4, -0.2) is 44.0 Å². The van der Waals surface area contributed by atoms with Crippen LogP contribution < -0.4 is 26.0 Å². The Morgan fingerprint density at radius 1 is 1.12 bits per heavy atom. The Labute approximate surface area is 194 Å². The van der Waals surface area contributed by atoms with Crippen molar-refractivity contribution in [2.45, 2.75) is 13.3 Å². The monoisotopic (exact) mass is 473 g/mol. The number of benzene rings is 2. The van der Waals surface area contributed by atoms with E-state index in [1.54, 1.807) is 20.4 Å². The number of rotatable bonds is 9. The summed E-state index contributed by atoms with van der Waals surface area (Å²) >= 11 is 6.35. The molecule has 0 spiro atoms. The smallest absolute Gasteiger partial charge is 0.229 e. The lowest BCUT2D eigenvalue weighted by Crippen LogP contribution is -2.12. The molecule has 3 aromatic rings. The summed E-state index contributed by atoms with van der Waals surface area (Å²) in [5, 5.41) is 10.7. The van der Waals surface area contributed by atoms with E-state index in [9.17, 15) is 4.57 Å². The number of nitrogens with zero attached hydrogens (tertiary/aromatic N) is 2. The molecule has 7 nitrogen and oxygen atoms in total. The molecule has 3 N–H and O–H groups in total. The molecule has 0 aliphatic rings. The van der Waals surface area contributed by atoms with Crippen molar-refractivity contribution in [2.75, 3.05) is 44.7 Å². The predicted octanol–water partition coefficient (Wildman–Crippen LogP) is 4.94. The van der Waals surface area contributed by atoms with E-state index in [-0.39, 0.29) is 0 Å². The van der Waals surface area contributed by atoms with E-state index in [2.05, 4.69) is 32.8 Å². The van der Waals surface area contributed by atoms with Gasteiger partial charge >= 0.3 is 0 Å². The van der Waals surface area contributed by atoms with Crippen LogP contribution in [0.15, 0.2) is 42.6 Å². The summed E-state index contributed by atoms with van der Waals surface area (Å²) in [5.41, 5.74) is 3.82. The van der Waals surface area contributed by atoms with Crippen LogP contribution in [0.4, 0.5) is 23.1 Å². The topological polar surface area (TPSA) is 88.2 Å². The Morgan fingerprint density at radius 2 is 1.88 bits per heavy atom. The lowest BCUT2D eigenvalue weighted by Gasteiger charge is -2.17. The number of anilines is 4. The molecule has 0 radical (unpaired) electrons. The number of hydrogen-bond donors (Lipinski definition) is 3. The number of aromatic nitrogens is 2. The van der Waals surface area contributed by atoms with Gasteiger partial charge in [0.1, 0.15) is 17.9 Å². The molecule has 2 aromatic carbocycles. The molecular weight excluding hydrogens is 445 g/mol. The Balaban J connectivity index is 1.91. The van der Waals surface area contributed by atoms with Crippen molar-refractivity contribution in [3.8, 4) is 5.75 Å². The summed E-state index contributed by atoms with van der Waals surface area (Å²) in [6.45, 7) is 6.42. The number of ether oxygens (including phenoxy) is 1. The first-order valence-corrected chi connectivity index (χ1v) is 13.2. The molecule has 32 heavy (non-hydrogen) atoms. The van der Waals surface area contributed by atoms with Gasteiger partial charge in [-0.1, -0.05) is 23.7 Å². The molecule has 0 fully saturated rings. The van der Waals surface area contributed by atoms with Crippen molar-refractivity contribution < 1.29 is 9.30 Å². The van der Waals surface area contributed by atoms with Gasteiger partial charge in [-0.05, 0) is 75.7 Å². The van der Waals surface area contributed by atoms with Crippen molar-refractivity contribution in [1.29, 1.82) is 0 Å². The quantitative estimate of drug-likeness (QED) is 0.379. The molecule has 3 rings (SSSR count). The van der Waals surface area contributed by atoms with Gasteiger partial charge in [-0.25, -0.2) is 4.98 Å². The summed E-state index contributed by atoms with van der Waals surface area (Å²) in [4.78, 5) is 8.85. The maximum absolute atomic E-state index is 12.7. The molecule has 0 aliphatic carbocycles. The number of methoxy groups -OCH3 is 1. The highest BCUT2D eigenvalue weighted by Crippen LogP contribution is 2.39. The van der Waals surface area contributed by atoms with Crippen LogP contribution >= 0.6 is 18.7 Å². The molecule has 0 saturated carbocycles. The molecule has 0 bridgehead atoms. The number of hydrogen-bond acceptors (Lipinski definition) is 7. The van der Waals surface area contributed by atoms with Gasteiger partial charge in [0.15, 0.2) is 5.82 Å². The average molecular weight is 474 g/mol. The van der Waals surface area contributed by atoms with Crippen LogP contribution in [0.5, 0.6) is 5.75 Å². The van der Waals surface area contributed by atoms with Gasteiger partial charge in [0.05, 0.1) is 24.7 Å². The van der Waals surface area contributed by atoms with Crippen LogP contribution in [0, 0.1) is 6.92 Å². The first-order chi connectivity index (χ1) is 15.2. The fraction of sp³-hybridized carbons (Fsp3) is 0.304. The van der Waals surface area contributed by atoms with Gasteiger partial charge in [-0.15, -0.1) is 0 Å². The van der Waals surface area contributed by atoms with Gasteiger partial charge in [-0.2, -0.15) is 4.98 Å². The maximum Gasteiger partial charge on any atom is 0.229 e. The summed E-state index contributed by atoms with van der Waals surface area (Å²) in [7, 11) is 1.08. The SMILES string of the molecule is CNCCc1cc(OC)c(Nc2ncc(Cl)c(Nc3ccccc3P(C)(C)=O)n2)cc1C. The lowest BCUT2D eigenvalue weighted by molar-refractivity contribution is 0.416. The van der Waals surface area contributed by atoms with E-state index in [0.29, 0.717) is 28.2 Å². The zero-order valence-corrected chi connectivity index (χ0v) is 20.6. The zero-order valence-electron chi connectivity index (χ0n) is 19.0. The van der Waals surface area contributed by atoms with Crippen LogP contribution in [0.2, 0.25) is 5.02 Å². The molecule has 170 valence electrons. The van der Waals surface area contributed by atoms with Gasteiger partial charge in [-0.3, -0.25) is 0 Å². The highest BCUT2D eigenvalue weighted by molar-refractivity contribution is 7.70. The number of aryl methyl sites for hydroxylation is 1. The van der Waals surface area contributed by atoms with Crippen LogP contribution in [0.1, 0.15) is 11.1 Å². The Morgan fingerprint density at radius 3 is 2.56 bits per heavy atom. The van der Waals surface area contributed by atoms with Gasteiger partial charge in [0.25, 0.3) is 0 Å². The van der Waals surface area contributed by atoms with E-state index >= 15 is 0 Å². The van der Waals surface area contributed by atoms with Gasteiger partial charge in [0.2, 0.25) is 5.95 Å². The summed E-state index contributed by atoms with van der Waals surface area (Å²) in [5.74, 6) is 1.50. The standard InChI is InChI=1S/C23H29ClN5O2P/c1-15-12-19(20(31-3)13-16(15)10-11-25-2)28-23-26-14-17(24)22(29-23)27-18-8-6-7-9-21(18)32(4,5)30/h6-9,12-14,25H,10-11H2,1-5H3,(H2,26,27,28,29). The minimum atomic E-state index is -2.49. The van der Waals surface area contributed by atoms with Gasteiger partial charge in [0, 0.05) is 5.30 Å². The van der Waals surface area contributed by atoms with E-state index in [1.165, 1.54) is 11.8 Å².